The number of carbonyl (C=O) groups excluding carboxylic acids is 1. The molecule has 1 fully saturated rings. The molecule has 5 nitrogen and oxygen atoms in total. The quantitative estimate of drug-likeness (QED) is 0.924. The highest BCUT2D eigenvalue weighted by Gasteiger charge is 2.42. The van der Waals surface area contributed by atoms with Gasteiger partial charge in [-0.1, -0.05) is 6.92 Å². The van der Waals surface area contributed by atoms with E-state index in [1.54, 1.807) is 29.5 Å². The lowest BCUT2D eigenvalue weighted by Crippen LogP contribution is -2.36. The Bertz CT molecular complexity index is 514. The molecule has 1 saturated carbocycles. The van der Waals surface area contributed by atoms with Crippen molar-refractivity contribution in [2.75, 3.05) is 7.05 Å². The number of amides is 1. The van der Waals surface area contributed by atoms with E-state index in [0.29, 0.717) is 25.3 Å². The molecule has 1 aliphatic rings. The first-order chi connectivity index (χ1) is 9.38. The second-order valence-electron chi connectivity index (χ2n) is 5.67. The van der Waals surface area contributed by atoms with Gasteiger partial charge in [-0.3, -0.25) is 9.59 Å². The molecule has 2 rings (SSSR count). The van der Waals surface area contributed by atoms with Gasteiger partial charge in [-0.25, -0.2) is 4.98 Å². The SMILES string of the molecule is Cc1ncc(CN(C)C(=O)[C@H]2CC(C)C[C@H]2C(=O)O)s1. The summed E-state index contributed by atoms with van der Waals surface area (Å²) in [6.45, 7) is 4.44. The first kappa shape index (κ1) is 15.0. The van der Waals surface area contributed by atoms with Crippen molar-refractivity contribution in [3.8, 4) is 0 Å². The Kier molecular flexibility index (Phi) is 4.42. The minimum atomic E-state index is -0.852. The van der Waals surface area contributed by atoms with Crippen molar-refractivity contribution in [1.82, 2.24) is 9.88 Å². The fourth-order valence-corrected chi connectivity index (χ4v) is 3.76. The van der Waals surface area contributed by atoms with Crippen LogP contribution in [0.5, 0.6) is 0 Å². The molecule has 1 unspecified atom stereocenters. The average molecular weight is 296 g/mol. The smallest absolute Gasteiger partial charge is 0.307 e. The number of nitrogens with zero attached hydrogens (tertiary/aromatic N) is 2. The molecule has 6 heteroatoms. The van der Waals surface area contributed by atoms with Gasteiger partial charge in [-0.2, -0.15) is 0 Å². The summed E-state index contributed by atoms with van der Waals surface area (Å²) in [6.07, 6.45) is 3.04. The number of hydrogen-bond donors (Lipinski definition) is 1. The van der Waals surface area contributed by atoms with Crippen LogP contribution in [0.15, 0.2) is 6.20 Å². The van der Waals surface area contributed by atoms with Gasteiger partial charge >= 0.3 is 5.97 Å². The predicted octanol–water partition coefficient (Wildman–Crippen LogP) is 2.16. The summed E-state index contributed by atoms with van der Waals surface area (Å²) in [7, 11) is 1.74. The van der Waals surface area contributed by atoms with Gasteiger partial charge < -0.3 is 10.0 Å². The second kappa shape index (κ2) is 5.91. The average Bonchev–Trinajstić information content (AvgIpc) is 2.94. The molecule has 20 heavy (non-hydrogen) atoms. The van der Waals surface area contributed by atoms with Crippen molar-refractivity contribution < 1.29 is 14.7 Å². The predicted molar refractivity (Wildman–Crippen MR) is 76.3 cm³/mol. The lowest BCUT2D eigenvalue weighted by molar-refractivity contribution is -0.148. The van der Waals surface area contributed by atoms with Gasteiger partial charge in [0.15, 0.2) is 0 Å². The second-order valence-corrected chi connectivity index (χ2v) is 6.99. The van der Waals surface area contributed by atoms with Crippen LogP contribution in [-0.4, -0.2) is 33.9 Å². The van der Waals surface area contributed by atoms with E-state index in [0.717, 1.165) is 9.88 Å². The summed E-state index contributed by atoms with van der Waals surface area (Å²) in [5.74, 6) is -1.55. The summed E-state index contributed by atoms with van der Waals surface area (Å²) in [5, 5.41) is 10.2. The van der Waals surface area contributed by atoms with Crippen LogP contribution in [0.25, 0.3) is 0 Å². The van der Waals surface area contributed by atoms with E-state index in [-0.39, 0.29) is 11.8 Å². The summed E-state index contributed by atoms with van der Waals surface area (Å²) >= 11 is 1.56. The lowest BCUT2D eigenvalue weighted by atomic mass is 9.95. The number of aliphatic carboxylic acids is 1. The molecule has 3 atom stereocenters. The lowest BCUT2D eigenvalue weighted by Gasteiger charge is -2.22. The van der Waals surface area contributed by atoms with Crippen molar-refractivity contribution in [1.29, 1.82) is 0 Å². The Balaban J connectivity index is 2.04. The van der Waals surface area contributed by atoms with E-state index >= 15 is 0 Å². The van der Waals surface area contributed by atoms with Crippen molar-refractivity contribution in [2.45, 2.75) is 33.2 Å². The third-order valence-corrected chi connectivity index (χ3v) is 4.77. The zero-order valence-corrected chi connectivity index (χ0v) is 12.8. The summed E-state index contributed by atoms with van der Waals surface area (Å²) < 4.78 is 0. The Morgan fingerprint density at radius 2 is 2.10 bits per heavy atom. The van der Waals surface area contributed by atoms with E-state index in [9.17, 15) is 14.7 Å². The van der Waals surface area contributed by atoms with Crippen LogP contribution in [0.1, 0.15) is 29.7 Å². The Labute approximate surface area is 122 Å². The molecule has 0 radical (unpaired) electrons. The first-order valence-corrected chi connectivity index (χ1v) is 7.59. The van der Waals surface area contributed by atoms with E-state index < -0.39 is 11.9 Å². The van der Waals surface area contributed by atoms with Gasteiger partial charge in [0.2, 0.25) is 5.91 Å². The van der Waals surface area contributed by atoms with Crippen LogP contribution in [-0.2, 0) is 16.1 Å². The molecule has 0 bridgehead atoms. The number of hydrogen-bond acceptors (Lipinski definition) is 4. The molecule has 1 aliphatic carbocycles. The van der Waals surface area contributed by atoms with Gasteiger partial charge in [0.1, 0.15) is 0 Å². The zero-order chi connectivity index (χ0) is 14.9. The number of carbonyl (C=O) groups is 2. The van der Waals surface area contributed by atoms with E-state index in [4.69, 9.17) is 0 Å². The maximum absolute atomic E-state index is 12.5. The third kappa shape index (κ3) is 3.17. The number of thiazole rings is 1. The monoisotopic (exact) mass is 296 g/mol. The van der Waals surface area contributed by atoms with Crippen molar-refractivity contribution >= 4 is 23.2 Å². The molecule has 110 valence electrons. The third-order valence-electron chi connectivity index (χ3n) is 3.87. The molecule has 0 aromatic carbocycles. The van der Waals surface area contributed by atoms with Crippen LogP contribution in [0.4, 0.5) is 0 Å². The van der Waals surface area contributed by atoms with Crippen LogP contribution in [0.2, 0.25) is 0 Å². The van der Waals surface area contributed by atoms with Gasteiger partial charge in [-0.15, -0.1) is 11.3 Å². The Hall–Kier alpha value is -1.43. The van der Waals surface area contributed by atoms with Crippen molar-refractivity contribution in [3.05, 3.63) is 16.1 Å². The molecule has 0 aliphatic heterocycles. The molecular weight excluding hydrogens is 276 g/mol. The standard InChI is InChI=1S/C14H20N2O3S/c1-8-4-11(12(5-8)14(18)19)13(17)16(3)7-10-6-15-9(2)20-10/h6,8,11-12H,4-5,7H2,1-3H3,(H,18,19)/t8?,11-,12+/m0/s1. The van der Waals surface area contributed by atoms with Gasteiger partial charge in [0.25, 0.3) is 0 Å². The number of carboxylic acid groups (broad SMARTS) is 1. The fraction of sp³-hybridized carbons (Fsp3) is 0.643. The van der Waals surface area contributed by atoms with E-state index in [2.05, 4.69) is 4.98 Å². The highest BCUT2D eigenvalue weighted by Crippen LogP contribution is 2.37. The van der Waals surface area contributed by atoms with Gasteiger partial charge in [0, 0.05) is 18.1 Å². The molecule has 1 aromatic heterocycles. The normalized spacial score (nSPS) is 25.6. The molecule has 1 amide bonds. The summed E-state index contributed by atoms with van der Waals surface area (Å²) in [5.41, 5.74) is 0. The number of carboxylic acids is 1. The molecule has 1 aromatic rings. The topological polar surface area (TPSA) is 70.5 Å². The van der Waals surface area contributed by atoms with Gasteiger partial charge in [0.05, 0.1) is 23.4 Å². The summed E-state index contributed by atoms with van der Waals surface area (Å²) in [4.78, 5) is 30.6. The van der Waals surface area contributed by atoms with Crippen LogP contribution in [0.3, 0.4) is 0 Å². The molecule has 1 N–H and O–H groups in total. The number of aromatic nitrogens is 1. The minimum absolute atomic E-state index is 0.0622. The fourth-order valence-electron chi connectivity index (χ4n) is 2.91. The van der Waals surface area contributed by atoms with E-state index in [1.807, 2.05) is 13.8 Å². The molecule has 1 heterocycles. The number of rotatable bonds is 4. The number of aryl methyl sites for hydroxylation is 1. The Morgan fingerprint density at radius 3 is 2.65 bits per heavy atom. The summed E-state index contributed by atoms with van der Waals surface area (Å²) in [6, 6.07) is 0. The zero-order valence-electron chi connectivity index (χ0n) is 12.0. The van der Waals surface area contributed by atoms with Gasteiger partial charge in [-0.05, 0) is 25.7 Å². The molecular formula is C14H20N2O3S. The molecule has 0 saturated heterocycles. The highest BCUT2D eigenvalue weighted by molar-refractivity contribution is 7.11. The Morgan fingerprint density at radius 1 is 1.45 bits per heavy atom. The van der Waals surface area contributed by atoms with Crippen LogP contribution in [0, 0.1) is 24.7 Å². The maximum Gasteiger partial charge on any atom is 0.307 e. The molecule has 0 spiro atoms. The van der Waals surface area contributed by atoms with E-state index in [1.165, 1.54) is 0 Å². The van der Waals surface area contributed by atoms with Crippen LogP contribution < -0.4 is 0 Å². The largest absolute Gasteiger partial charge is 0.481 e. The van der Waals surface area contributed by atoms with Crippen molar-refractivity contribution in [3.63, 3.8) is 0 Å². The maximum atomic E-state index is 12.5. The minimum Gasteiger partial charge on any atom is -0.481 e. The van der Waals surface area contributed by atoms with Crippen LogP contribution >= 0.6 is 11.3 Å². The van der Waals surface area contributed by atoms with Crippen molar-refractivity contribution in [2.24, 2.45) is 17.8 Å². The highest BCUT2D eigenvalue weighted by atomic mass is 32.1. The first-order valence-electron chi connectivity index (χ1n) is 6.77.